The van der Waals surface area contributed by atoms with Gasteiger partial charge in [0.15, 0.2) is 11.6 Å². The van der Waals surface area contributed by atoms with E-state index in [1.54, 1.807) is 0 Å². The molecule has 0 radical (unpaired) electrons. The summed E-state index contributed by atoms with van der Waals surface area (Å²) in [6.07, 6.45) is 0.218. The highest BCUT2D eigenvalue weighted by molar-refractivity contribution is 9.09. The van der Waals surface area contributed by atoms with Gasteiger partial charge in [-0.25, -0.2) is 8.78 Å². The number of carbonyl (C=O) groups is 1. The molecule has 0 saturated heterocycles. The standard InChI is InChI=1S/C9H8BrF2NO/c10-5-4-8(14)13-7-3-1-2-6(11)9(7)12/h1-3H,4-5H2,(H,13,14). The summed E-state index contributed by atoms with van der Waals surface area (Å²) in [5.41, 5.74) is -0.129. The lowest BCUT2D eigenvalue weighted by Crippen LogP contribution is -2.13. The molecule has 0 unspecified atom stereocenters. The van der Waals surface area contributed by atoms with Gasteiger partial charge in [0.25, 0.3) is 0 Å². The molecule has 1 aromatic carbocycles. The maximum Gasteiger partial charge on any atom is 0.225 e. The number of hydrogen-bond acceptors (Lipinski definition) is 1. The minimum Gasteiger partial charge on any atom is -0.323 e. The van der Waals surface area contributed by atoms with E-state index in [9.17, 15) is 13.6 Å². The SMILES string of the molecule is O=C(CCBr)Nc1cccc(F)c1F. The third-order valence-electron chi connectivity index (χ3n) is 1.55. The Morgan fingerprint density at radius 3 is 2.79 bits per heavy atom. The Bertz CT molecular complexity index is 344. The molecule has 2 nitrogen and oxygen atoms in total. The molecule has 1 rings (SSSR count). The summed E-state index contributed by atoms with van der Waals surface area (Å²) in [7, 11) is 0. The number of amides is 1. The second kappa shape index (κ2) is 5.05. The van der Waals surface area contributed by atoms with Gasteiger partial charge in [-0.1, -0.05) is 22.0 Å². The quantitative estimate of drug-likeness (QED) is 0.835. The Hall–Kier alpha value is -0.970. The van der Waals surface area contributed by atoms with E-state index in [0.717, 1.165) is 6.07 Å². The predicted octanol–water partition coefficient (Wildman–Crippen LogP) is 2.69. The fourth-order valence-corrected chi connectivity index (χ4v) is 1.26. The normalized spacial score (nSPS) is 9.93. The van der Waals surface area contributed by atoms with Gasteiger partial charge in [-0.05, 0) is 12.1 Å². The van der Waals surface area contributed by atoms with E-state index < -0.39 is 11.6 Å². The van der Waals surface area contributed by atoms with E-state index in [4.69, 9.17) is 0 Å². The summed E-state index contributed by atoms with van der Waals surface area (Å²) < 4.78 is 25.7. The van der Waals surface area contributed by atoms with Crippen molar-refractivity contribution < 1.29 is 13.6 Å². The number of benzene rings is 1. The van der Waals surface area contributed by atoms with Crippen LogP contribution < -0.4 is 5.32 Å². The van der Waals surface area contributed by atoms with Gasteiger partial charge in [-0.3, -0.25) is 4.79 Å². The Balaban J connectivity index is 2.76. The van der Waals surface area contributed by atoms with E-state index in [1.165, 1.54) is 12.1 Å². The molecule has 1 amide bonds. The van der Waals surface area contributed by atoms with Gasteiger partial charge in [0.2, 0.25) is 5.91 Å². The lowest BCUT2D eigenvalue weighted by atomic mass is 10.3. The Labute approximate surface area is 88.4 Å². The number of anilines is 1. The molecule has 1 aromatic rings. The molecule has 14 heavy (non-hydrogen) atoms. The van der Waals surface area contributed by atoms with Crippen molar-refractivity contribution in [1.29, 1.82) is 0 Å². The Morgan fingerprint density at radius 1 is 1.43 bits per heavy atom. The lowest BCUT2D eigenvalue weighted by Gasteiger charge is -2.05. The molecule has 0 atom stereocenters. The van der Waals surface area contributed by atoms with Crippen LogP contribution in [0.1, 0.15) is 6.42 Å². The first-order valence-corrected chi connectivity index (χ1v) is 5.07. The van der Waals surface area contributed by atoms with Gasteiger partial charge in [0, 0.05) is 11.8 Å². The smallest absolute Gasteiger partial charge is 0.225 e. The first-order valence-electron chi connectivity index (χ1n) is 3.95. The zero-order chi connectivity index (χ0) is 10.6. The summed E-state index contributed by atoms with van der Waals surface area (Å²) in [6, 6.07) is 3.64. The summed E-state index contributed by atoms with van der Waals surface area (Å²) in [6.45, 7) is 0. The fourth-order valence-electron chi connectivity index (χ4n) is 0.899. The molecule has 0 heterocycles. The number of carbonyl (C=O) groups excluding carboxylic acids is 1. The monoisotopic (exact) mass is 263 g/mol. The van der Waals surface area contributed by atoms with Gasteiger partial charge in [-0.2, -0.15) is 0 Å². The number of rotatable bonds is 3. The second-order valence-electron chi connectivity index (χ2n) is 2.59. The Kier molecular flexibility index (Phi) is 4.00. The van der Waals surface area contributed by atoms with Crippen molar-refractivity contribution in [2.75, 3.05) is 10.6 Å². The number of halogens is 3. The highest BCUT2D eigenvalue weighted by Crippen LogP contribution is 2.16. The van der Waals surface area contributed by atoms with Crippen LogP contribution in [0.4, 0.5) is 14.5 Å². The molecule has 0 spiro atoms. The van der Waals surface area contributed by atoms with E-state index in [1.807, 2.05) is 0 Å². The van der Waals surface area contributed by atoms with E-state index in [2.05, 4.69) is 21.2 Å². The number of nitrogens with one attached hydrogen (secondary N) is 1. The van der Waals surface area contributed by atoms with Crippen LogP contribution in [-0.4, -0.2) is 11.2 Å². The van der Waals surface area contributed by atoms with Crippen LogP contribution in [0.15, 0.2) is 18.2 Å². The molecular formula is C9H8BrF2NO. The third kappa shape index (κ3) is 2.77. The van der Waals surface area contributed by atoms with Crippen LogP contribution in [-0.2, 0) is 4.79 Å². The number of alkyl halides is 1. The van der Waals surface area contributed by atoms with Crippen LogP contribution in [0.5, 0.6) is 0 Å². The molecule has 0 bridgehead atoms. The Morgan fingerprint density at radius 2 is 2.14 bits per heavy atom. The summed E-state index contributed by atoms with van der Waals surface area (Å²) >= 11 is 3.07. The van der Waals surface area contributed by atoms with Crippen molar-refractivity contribution in [2.24, 2.45) is 0 Å². The van der Waals surface area contributed by atoms with Crippen molar-refractivity contribution >= 4 is 27.5 Å². The first-order chi connectivity index (χ1) is 6.65. The van der Waals surface area contributed by atoms with Gasteiger partial charge < -0.3 is 5.32 Å². The van der Waals surface area contributed by atoms with Crippen molar-refractivity contribution in [2.45, 2.75) is 6.42 Å². The van der Waals surface area contributed by atoms with Crippen LogP contribution in [0, 0.1) is 11.6 Å². The van der Waals surface area contributed by atoms with E-state index >= 15 is 0 Å². The van der Waals surface area contributed by atoms with Crippen molar-refractivity contribution in [3.63, 3.8) is 0 Å². The first kappa shape index (κ1) is 11.1. The maximum atomic E-state index is 13.0. The number of hydrogen-bond donors (Lipinski definition) is 1. The van der Waals surface area contributed by atoms with Crippen molar-refractivity contribution in [3.8, 4) is 0 Å². The average Bonchev–Trinajstić information content (AvgIpc) is 2.13. The van der Waals surface area contributed by atoms with Gasteiger partial charge in [0.1, 0.15) is 0 Å². The second-order valence-corrected chi connectivity index (χ2v) is 3.38. The summed E-state index contributed by atoms with van der Waals surface area (Å²) in [5.74, 6) is -2.36. The lowest BCUT2D eigenvalue weighted by molar-refractivity contribution is -0.115. The van der Waals surface area contributed by atoms with Crippen molar-refractivity contribution in [1.82, 2.24) is 0 Å². The zero-order valence-electron chi connectivity index (χ0n) is 7.19. The maximum absolute atomic E-state index is 13.0. The molecule has 0 aliphatic heterocycles. The zero-order valence-corrected chi connectivity index (χ0v) is 8.77. The van der Waals surface area contributed by atoms with E-state index in [-0.39, 0.29) is 18.0 Å². The third-order valence-corrected chi connectivity index (χ3v) is 1.94. The van der Waals surface area contributed by atoms with Crippen LogP contribution in [0.2, 0.25) is 0 Å². The highest BCUT2D eigenvalue weighted by atomic mass is 79.9. The van der Waals surface area contributed by atoms with Crippen LogP contribution >= 0.6 is 15.9 Å². The molecular weight excluding hydrogens is 256 g/mol. The van der Waals surface area contributed by atoms with E-state index in [0.29, 0.717) is 5.33 Å². The molecule has 1 N–H and O–H groups in total. The minimum atomic E-state index is -1.03. The molecule has 0 fully saturated rings. The van der Waals surface area contributed by atoms with Gasteiger partial charge in [-0.15, -0.1) is 0 Å². The molecule has 0 aliphatic carbocycles. The fraction of sp³-hybridized carbons (Fsp3) is 0.222. The largest absolute Gasteiger partial charge is 0.323 e. The summed E-state index contributed by atoms with van der Waals surface area (Å²) in [5, 5.41) is 2.75. The van der Waals surface area contributed by atoms with Gasteiger partial charge in [0.05, 0.1) is 5.69 Å². The van der Waals surface area contributed by atoms with Crippen LogP contribution in [0.3, 0.4) is 0 Å². The van der Waals surface area contributed by atoms with Gasteiger partial charge >= 0.3 is 0 Å². The topological polar surface area (TPSA) is 29.1 Å². The molecule has 0 aromatic heterocycles. The van der Waals surface area contributed by atoms with Crippen molar-refractivity contribution in [3.05, 3.63) is 29.8 Å². The minimum absolute atomic E-state index is 0.129. The molecule has 0 saturated carbocycles. The molecule has 76 valence electrons. The average molecular weight is 264 g/mol. The highest BCUT2D eigenvalue weighted by Gasteiger charge is 2.09. The summed E-state index contributed by atoms with van der Waals surface area (Å²) in [4.78, 5) is 11.0. The predicted molar refractivity (Wildman–Crippen MR) is 53.4 cm³/mol. The molecule has 0 aliphatic rings. The molecule has 5 heteroatoms. The van der Waals surface area contributed by atoms with Crippen LogP contribution in [0.25, 0.3) is 0 Å².